The van der Waals surface area contributed by atoms with E-state index in [1.807, 2.05) is 14.0 Å². The van der Waals surface area contributed by atoms with Crippen LogP contribution >= 0.6 is 0 Å². The summed E-state index contributed by atoms with van der Waals surface area (Å²) in [6, 6.07) is -0.0639. The van der Waals surface area contributed by atoms with Gasteiger partial charge in [0.15, 0.2) is 0 Å². The molecule has 1 rings (SSSR count). The molecule has 0 spiro atoms. The van der Waals surface area contributed by atoms with Crippen LogP contribution in [0.2, 0.25) is 0 Å². The second-order valence-electron chi connectivity index (χ2n) is 3.82. The average Bonchev–Trinajstić information content (AvgIpc) is 2.44. The second-order valence-corrected chi connectivity index (χ2v) is 5.62. The Morgan fingerprint density at radius 2 is 2.36 bits per heavy atom. The number of likely N-dealkylation sites (tertiary alicyclic amines) is 1. The summed E-state index contributed by atoms with van der Waals surface area (Å²) in [6.45, 7) is 3.39. The van der Waals surface area contributed by atoms with Crippen LogP contribution in [-0.2, 0) is 15.6 Å². The van der Waals surface area contributed by atoms with E-state index in [1.54, 1.807) is 11.2 Å². The molecule has 0 aromatic rings. The van der Waals surface area contributed by atoms with Crippen molar-refractivity contribution in [2.75, 3.05) is 26.4 Å². The lowest BCUT2D eigenvalue weighted by Gasteiger charge is -2.14. The average molecular weight is 218 g/mol. The van der Waals surface area contributed by atoms with Gasteiger partial charge in [-0.3, -0.25) is 9.00 Å². The van der Waals surface area contributed by atoms with E-state index in [9.17, 15) is 9.00 Å². The van der Waals surface area contributed by atoms with Gasteiger partial charge in [-0.05, 0) is 13.3 Å². The molecule has 1 aliphatic rings. The molecule has 1 aliphatic heterocycles. The van der Waals surface area contributed by atoms with Crippen LogP contribution in [0.4, 0.5) is 0 Å². The Bertz CT molecular complexity index is 245. The van der Waals surface area contributed by atoms with Gasteiger partial charge >= 0.3 is 0 Å². The normalized spacial score (nSPS) is 26.6. The van der Waals surface area contributed by atoms with E-state index < -0.39 is 10.8 Å². The number of rotatable bonds is 4. The third kappa shape index (κ3) is 2.78. The zero-order chi connectivity index (χ0) is 10.7. The summed E-state index contributed by atoms with van der Waals surface area (Å²) in [7, 11) is 0.993. The van der Waals surface area contributed by atoms with Crippen molar-refractivity contribution in [3.05, 3.63) is 0 Å². The highest BCUT2D eigenvalue weighted by atomic mass is 32.2. The van der Waals surface area contributed by atoms with E-state index in [-0.39, 0.29) is 17.2 Å². The van der Waals surface area contributed by atoms with Crippen molar-refractivity contribution in [1.82, 2.24) is 10.2 Å². The number of carbonyl (C=O) groups is 1. The van der Waals surface area contributed by atoms with Gasteiger partial charge < -0.3 is 10.2 Å². The van der Waals surface area contributed by atoms with Crippen LogP contribution < -0.4 is 5.32 Å². The van der Waals surface area contributed by atoms with Crippen molar-refractivity contribution >= 4 is 16.7 Å². The van der Waals surface area contributed by atoms with Gasteiger partial charge in [0.05, 0.1) is 6.04 Å². The maximum absolute atomic E-state index is 11.5. The van der Waals surface area contributed by atoms with Crippen molar-refractivity contribution < 1.29 is 9.00 Å². The summed E-state index contributed by atoms with van der Waals surface area (Å²) in [4.78, 5) is 13.2. The van der Waals surface area contributed by atoms with Gasteiger partial charge in [0, 0.05) is 42.4 Å². The van der Waals surface area contributed by atoms with Crippen LogP contribution in [0.25, 0.3) is 0 Å². The lowest BCUT2D eigenvalue weighted by Crippen LogP contribution is -2.40. The number of hydrogen-bond acceptors (Lipinski definition) is 3. The van der Waals surface area contributed by atoms with E-state index in [4.69, 9.17) is 0 Å². The first kappa shape index (κ1) is 11.7. The molecule has 1 heterocycles. The standard InChI is InChI=1S/C9H18N2O2S/c1-7(14(3)13)6-10-8-4-5-11(2)9(8)12/h7-8,10H,4-6H2,1-3H3. The number of nitrogens with zero attached hydrogens (tertiary/aromatic N) is 1. The van der Waals surface area contributed by atoms with Crippen LogP contribution in [0.15, 0.2) is 0 Å². The lowest BCUT2D eigenvalue weighted by molar-refractivity contribution is -0.128. The molecule has 1 N–H and O–H groups in total. The quantitative estimate of drug-likeness (QED) is 0.697. The van der Waals surface area contributed by atoms with Gasteiger partial charge in [-0.2, -0.15) is 0 Å². The molecule has 3 unspecified atom stereocenters. The lowest BCUT2D eigenvalue weighted by atomic mass is 10.2. The molecule has 0 aliphatic carbocycles. The molecule has 5 heteroatoms. The fraction of sp³-hybridized carbons (Fsp3) is 0.889. The first-order chi connectivity index (χ1) is 6.52. The van der Waals surface area contributed by atoms with Gasteiger partial charge in [-0.1, -0.05) is 0 Å². The number of carbonyl (C=O) groups excluding carboxylic acids is 1. The van der Waals surface area contributed by atoms with Crippen LogP contribution in [0.3, 0.4) is 0 Å². The molecule has 0 bridgehead atoms. The Balaban J connectivity index is 2.32. The minimum atomic E-state index is -0.818. The molecule has 1 saturated heterocycles. The molecule has 0 aromatic carbocycles. The maximum atomic E-state index is 11.5. The van der Waals surface area contributed by atoms with Crippen molar-refractivity contribution in [1.29, 1.82) is 0 Å². The fourth-order valence-corrected chi connectivity index (χ4v) is 1.77. The van der Waals surface area contributed by atoms with Crippen LogP contribution in [0.5, 0.6) is 0 Å². The minimum absolute atomic E-state index is 0.0639. The van der Waals surface area contributed by atoms with Crippen molar-refractivity contribution in [3.63, 3.8) is 0 Å². The third-order valence-electron chi connectivity index (χ3n) is 2.65. The topological polar surface area (TPSA) is 49.4 Å². The molecule has 0 saturated carbocycles. The van der Waals surface area contributed by atoms with Gasteiger partial charge in [0.25, 0.3) is 0 Å². The summed E-state index contributed by atoms with van der Waals surface area (Å²) < 4.78 is 11.1. The Morgan fingerprint density at radius 3 is 2.79 bits per heavy atom. The van der Waals surface area contributed by atoms with Gasteiger partial charge in [-0.25, -0.2) is 0 Å². The molecule has 4 nitrogen and oxygen atoms in total. The minimum Gasteiger partial charge on any atom is -0.344 e. The molecule has 3 atom stereocenters. The van der Waals surface area contributed by atoms with Crippen molar-refractivity contribution in [2.45, 2.75) is 24.6 Å². The highest BCUT2D eigenvalue weighted by molar-refractivity contribution is 7.84. The fourth-order valence-electron chi connectivity index (χ4n) is 1.44. The highest BCUT2D eigenvalue weighted by Crippen LogP contribution is 2.08. The van der Waals surface area contributed by atoms with Gasteiger partial charge in [0.2, 0.25) is 5.91 Å². The smallest absolute Gasteiger partial charge is 0.239 e. The Hall–Kier alpha value is -0.420. The Morgan fingerprint density at radius 1 is 1.71 bits per heavy atom. The number of nitrogens with one attached hydrogen (secondary N) is 1. The Kier molecular flexibility index (Phi) is 4.07. The monoisotopic (exact) mass is 218 g/mol. The summed E-state index contributed by atoms with van der Waals surface area (Å²) in [5.41, 5.74) is 0. The summed E-state index contributed by atoms with van der Waals surface area (Å²) >= 11 is 0. The highest BCUT2D eigenvalue weighted by Gasteiger charge is 2.28. The summed E-state index contributed by atoms with van der Waals surface area (Å²) in [5, 5.41) is 3.26. The predicted octanol–water partition coefficient (Wildman–Crippen LogP) is -0.426. The molecular weight excluding hydrogens is 200 g/mol. The molecule has 14 heavy (non-hydrogen) atoms. The first-order valence-electron chi connectivity index (χ1n) is 4.83. The zero-order valence-electron chi connectivity index (χ0n) is 8.95. The second kappa shape index (κ2) is 4.89. The molecular formula is C9H18N2O2S. The predicted molar refractivity (Wildman–Crippen MR) is 57.6 cm³/mol. The molecule has 1 fully saturated rings. The molecule has 1 amide bonds. The van der Waals surface area contributed by atoms with E-state index in [1.165, 1.54) is 0 Å². The Labute approximate surface area is 87.5 Å². The largest absolute Gasteiger partial charge is 0.344 e. The number of amides is 1. The number of hydrogen-bond donors (Lipinski definition) is 1. The van der Waals surface area contributed by atoms with Crippen LogP contribution in [0, 0.1) is 0 Å². The molecule has 0 aromatic heterocycles. The first-order valence-corrected chi connectivity index (χ1v) is 6.45. The van der Waals surface area contributed by atoms with Crippen molar-refractivity contribution in [3.8, 4) is 0 Å². The van der Waals surface area contributed by atoms with E-state index in [0.29, 0.717) is 6.54 Å². The third-order valence-corrected chi connectivity index (χ3v) is 3.95. The van der Waals surface area contributed by atoms with E-state index in [0.717, 1.165) is 13.0 Å². The maximum Gasteiger partial charge on any atom is 0.239 e. The SMILES string of the molecule is CC(CNC1CCN(C)C1=O)S(C)=O. The summed E-state index contributed by atoms with van der Waals surface area (Å²) in [5.74, 6) is 0.152. The van der Waals surface area contributed by atoms with Crippen molar-refractivity contribution in [2.24, 2.45) is 0 Å². The van der Waals surface area contributed by atoms with E-state index >= 15 is 0 Å². The summed E-state index contributed by atoms with van der Waals surface area (Å²) in [6.07, 6.45) is 2.55. The van der Waals surface area contributed by atoms with Gasteiger partial charge in [-0.15, -0.1) is 0 Å². The zero-order valence-corrected chi connectivity index (χ0v) is 9.76. The molecule has 82 valence electrons. The van der Waals surface area contributed by atoms with Crippen LogP contribution in [-0.4, -0.2) is 52.7 Å². The van der Waals surface area contributed by atoms with Gasteiger partial charge in [0.1, 0.15) is 0 Å². The number of likely N-dealkylation sites (N-methyl/N-ethyl adjacent to an activating group) is 1. The van der Waals surface area contributed by atoms with E-state index in [2.05, 4.69) is 5.32 Å². The molecule has 0 radical (unpaired) electrons. The van der Waals surface area contributed by atoms with Crippen LogP contribution in [0.1, 0.15) is 13.3 Å².